The number of anilines is 1. The third-order valence-electron chi connectivity index (χ3n) is 2.19. The third kappa shape index (κ3) is 4.85. The van der Waals surface area contributed by atoms with Gasteiger partial charge in [-0.05, 0) is 12.7 Å². The van der Waals surface area contributed by atoms with Crippen molar-refractivity contribution >= 4 is 34.1 Å². The molecule has 3 N–H and O–H groups in total. The van der Waals surface area contributed by atoms with Gasteiger partial charge in [-0.15, -0.1) is 11.3 Å². The summed E-state index contributed by atoms with van der Waals surface area (Å²) in [4.78, 5) is 15.5. The van der Waals surface area contributed by atoms with E-state index in [9.17, 15) is 4.79 Å². The molecule has 1 heterocycles. The van der Waals surface area contributed by atoms with Crippen molar-refractivity contribution in [2.24, 2.45) is 0 Å². The van der Waals surface area contributed by atoms with Crippen molar-refractivity contribution in [1.82, 2.24) is 10.3 Å². The summed E-state index contributed by atoms with van der Waals surface area (Å²) < 4.78 is 0. The fourth-order valence-corrected chi connectivity index (χ4v) is 2.08. The molecule has 6 heteroatoms. The van der Waals surface area contributed by atoms with E-state index < -0.39 is 0 Å². The topological polar surface area (TPSA) is 68.0 Å². The molecule has 1 amide bonds. The molecule has 0 spiro atoms. The summed E-state index contributed by atoms with van der Waals surface area (Å²) in [6.45, 7) is 2.87. The smallest absolute Gasteiger partial charge is 0.226 e. The van der Waals surface area contributed by atoms with Crippen LogP contribution in [0.1, 0.15) is 19.0 Å². The van der Waals surface area contributed by atoms with Crippen LogP contribution in [0, 0.1) is 0 Å². The highest BCUT2D eigenvalue weighted by Gasteiger charge is 2.06. The minimum Gasteiger partial charge on any atom is -0.375 e. The molecule has 0 bridgehead atoms. The van der Waals surface area contributed by atoms with Crippen molar-refractivity contribution in [3.63, 3.8) is 0 Å². The van der Waals surface area contributed by atoms with E-state index >= 15 is 0 Å². The van der Waals surface area contributed by atoms with E-state index in [1.54, 1.807) is 11.8 Å². The van der Waals surface area contributed by atoms with Gasteiger partial charge in [0, 0.05) is 17.2 Å². The average molecular weight is 259 g/mol. The lowest BCUT2D eigenvalue weighted by Gasteiger charge is -2.08. The van der Waals surface area contributed by atoms with Gasteiger partial charge >= 0.3 is 0 Å². The quantitative estimate of drug-likeness (QED) is 0.813. The summed E-state index contributed by atoms with van der Waals surface area (Å²) >= 11 is 3.17. The molecular formula is C10H17N3OS2. The molecule has 1 rings (SSSR count). The molecule has 0 aliphatic rings. The Labute approximate surface area is 104 Å². The van der Waals surface area contributed by atoms with Gasteiger partial charge in [-0.2, -0.15) is 11.8 Å². The van der Waals surface area contributed by atoms with Crippen LogP contribution < -0.4 is 11.1 Å². The fourth-order valence-electron chi connectivity index (χ4n) is 1.16. The number of amides is 1. The minimum absolute atomic E-state index is 0.0126. The summed E-state index contributed by atoms with van der Waals surface area (Å²) in [5.74, 6) is 0.0126. The molecule has 1 atom stereocenters. The van der Waals surface area contributed by atoms with E-state index in [2.05, 4.69) is 23.5 Å². The van der Waals surface area contributed by atoms with E-state index in [1.165, 1.54) is 11.3 Å². The second kappa shape index (κ2) is 6.75. The van der Waals surface area contributed by atoms with Crippen molar-refractivity contribution in [3.05, 3.63) is 11.1 Å². The molecular weight excluding hydrogens is 242 g/mol. The molecule has 4 nitrogen and oxygen atoms in total. The molecule has 16 heavy (non-hydrogen) atoms. The zero-order chi connectivity index (χ0) is 12.0. The number of hydrogen-bond donors (Lipinski definition) is 2. The Morgan fingerprint density at radius 1 is 1.75 bits per heavy atom. The first-order valence-corrected chi connectivity index (χ1v) is 7.28. The zero-order valence-corrected chi connectivity index (χ0v) is 11.2. The van der Waals surface area contributed by atoms with Crippen LogP contribution in [0.25, 0.3) is 0 Å². The highest BCUT2D eigenvalue weighted by molar-refractivity contribution is 7.99. The van der Waals surface area contributed by atoms with E-state index in [0.29, 0.717) is 16.8 Å². The van der Waals surface area contributed by atoms with Gasteiger partial charge in [0.1, 0.15) is 0 Å². The lowest BCUT2D eigenvalue weighted by Crippen LogP contribution is -2.27. The Balaban J connectivity index is 2.21. The molecule has 1 aromatic heterocycles. The molecule has 1 aromatic rings. The normalized spacial score (nSPS) is 12.4. The maximum absolute atomic E-state index is 11.5. The molecule has 0 saturated carbocycles. The Morgan fingerprint density at radius 3 is 3.06 bits per heavy atom. The van der Waals surface area contributed by atoms with Crippen LogP contribution in [0.3, 0.4) is 0 Å². The fraction of sp³-hybridized carbons (Fsp3) is 0.600. The van der Waals surface area contributed by atoms with Gasteiger partial charge < -0.3 is 11.1 Å². The SMILES string of the molecule is CSC(C)CCNC(=O)Cc1csc(N)n1. The monoisotopic (exact) mass is 259 g/mol. The van der Waals surface area contributed by atoms with Crippen molar-refractivity contribution in [2.75, 3.05) is 18.5 Å². The number of nitrogens with zero attached hydrogens (tertiary/aromatic N) is 1. The number of carbonyl (C=O) groups excluding carboxylic acids is 1. The molecule has 0 aromatic carbocycles. The van der Waals surface area contributed by atoms with Gasteiger partial charge in [0.05, 0.1) is 12.1 Å². The second-order valence-corrected chi connectivity index (χ2v) is 5.70. The minimum atomic E-state index is 0.0126. The summed E-state index contributed by atoms with van der Waals surface area (Å²) in [6.07, 6.45) is 3.39. The molecule has 0 aliphatic carbocycles. The number of thiazole rings is 1. The standard InChI is InChI=1S/C10H17N3OS2/c1-7(15-2)3-4-12-9(14)5-8-6-16-10(11)13-8/h6-7H,3-5H2,1-2H3,(H2,11,13)(H,12,14). The number of nitrogen functional groups attached to an aromatic ring is 1. The predicted molar refractivity (Wildman–Crippen MR) is 70.8 cm³/mol. The lowest BCUT2D eigenvalue weighted by molar-refractivity contribution is -0.120. The molecule has 0 fully saturated rings. The number of carbonyl (C=O) groups is 1. The Kier molecular flexibility index (Phi) is 5.62. The van der Waals surface area contributed by atoms with Gasteiger partial charge in [-0.25, -0.2) is 4.98 Å². The van der Waals surface area contributed by atoms with Crippen LogP contribution in [0.2, 0.25) is 0 Å². The second-order valence-electron chi connectivity index (χ2n) is 3.54. The number of nitrogens with one attached hydrogen (secondary N) is 1. The van der Waals surface area contributed by atoms with Gasteiger partial charge in [-0.1, -0.05) is 6.92 Å². The molecule has 1 unspecified atom stereocenters. The van der Waals surface area contributed by atoms with Crippen LogP contribution >= 0.6 is 23.1 Å². The number of aromatic nitrogens is 1. The number of hydrogen-bond acceptors (Lipinski definition) is 5. The van der Waals surface area contributed by atoms with Gasteiger partial charge in [0.2, 0.25) is 5.91 Å². The first-order chi connectivity index (χ1) is 7.61. The van der Waals surface area contributed by atoms with Crippen molar-refractivity contribution in [1.29, 1.82) is 0 Å². The number of thioether (sulfide) groups is 1. The van der Waals surface area contributed by atoms with Crippen LogP contribution in [0.15, 0.2) is 5.38 Å². The van der Waals surface area contributed by atoms with Crippen molar-refractivity contribution in [3.8, 4) is 0 Å². The van der Waals surface area contributed by atoms with Crippen LogP contribution in [0.4, 0.5) is 5.13 Å². The van der Waals surface area contributed by atoms with Gasteiger partial charge in [0.15, 0.2) is 5.13 Å². The van der Waals surface area contributed by atoms with Gasteiger partial charge in [0.25, 0.3) is 0 Å². The predicted octanol–water partition coefficient (Wildman–Crippen LogP) is 1.53. The highest BCUT2D eigenvalue weighted by atomic mass is 32.2. The van der Waals surface area contributed by atoms with E-state index in [1.807, 2.05) is 5.38 Å². The van der Waals surface area contributed by atoms with E-state index in [-0.39, 0.29) is 5.91 Å². The highest BCUT2D eigenvalue weighted by Crippen LogP contribution is 2.11. The van der Waals surface area contributed by atoms with E-state index in [0.717, 1.165) is 18.7 Å². The van der Waals surface area contributed by atoms with Crippen molar-refractivity contribution < 1.29 is 4.79 Å². The Bertz CT molecular complexity index is 341. The summed E-state index contributed by atoms with van der Waals surface area (Å²) in [6, 6.07) is 0. The lowest BCUT2D eigenvalue weighted by atomic mass is 10.3. The van der Waals surface area contributed by atoms with Crippen LogP contribution in [-0.2, 0) is 11.2 Å². The average Bonchev–Trinajstić information content (AvgIpc) is 2.63. The Hall–Kier alpha value is -0.750. The molecule has 0 radical (unpaired) electrons. The summed E-state index contributed by atoms with van der Waals surface area (Å²) in [5, 5.41) is 5.79. The first kappa shape index (κ1) is 13.3. The van der Waals surface area contributed by atoms with Crippen molar-refractivity contribution in [2.45, 2.75) is 25.0 Å². The van der Waals surface area contributed by atoms with E-state index in [4.69, 9.17) is 5.73 Å². The first-order valence-electron chi connectivity index (χ1n) is 5.11. The van der Waals surface area contributed by atoms with Crippen LogP contribution in [0.5, 0.6) is 0 Å². The molecule has 90 valence electrons. The van der Waals surface area contributed by atoms with Gasteiger partial charge in [-0.3, -0.25) is 4.79 Å². The maximum atomic E-state index is 11.5. The Morgan fingerprint density at radius 2 is 2.50 bits per heavy atom. The van der Waals surface area contributed by atoms with Crippen LogP contribution in [-0.4, -0.2) is 28.9 Å². The number of nitrogens with two attached hydrogens (primary N) is 1. The molecule has 0 saturated heterocycles. The zero-order valence-electron chi connectivity index (χ0n) is 9.53. The molecule has 0 aliphatic heterocycles. The summed E-state index contributed by atoms with van der Waals surface area (Å²) in [5.41, 5.74) is 6.23. The number of rotatable bonds is 6. The maximum Gasteiger partial charge on any atom is 0.226 e. The summed E-state index contributed by atoms with van der Waals surface area (Å²) in [7, 11) is 0. The largest absolute Gasteiger partial charge is 0.375 e. The third-order valence-corrected chi connectivity index (χ3v) is 3.95.